The van der Waals surface area contributed by atoms with E-state index in [0.29, 0.717) is 11.5 Å². The van der Waals surface area contributed by atoms with Gasteiger partial charge in [-0.25, -0.2) is 0 Å². The van der Waals surface area contributed by atoms with Crippen LogP contribution in [0.25, 0.3) is 0 Å². The van der Waals surface area contributed by atoms with E-state index in [9.17, 15) is 4.79 Å². The third-order valence-electron chi connectivity index (χ3n) is 1.92. The molecule has 5 heteroatoms. The summed E-state index contributed by atoms with van der Waals surface area (Å²) in [6, 6.07) is 0. The van der Waals surface area contributed by atoms with Crippen LogP contribution in [-0.4, -0.2) is 15.7 Å². The molecule has 1 aromatic rings. The number of aromatic nitrogens is 2. The molecule has 72 valence electrons. The van der Waals surface area contributed by atoms with Crippen LogP contribution >= 0.6 is 0 Å². The second-order valence-corrected chi connectivity index (χ2v) is 3.29. The molecule has 1 amide bonds. The molecule has 0 aromatic carbocycles. The summed E-state index contributed by atoms with van der Waals surface area (Å²) in [4.78, 5) is 11.1. The first-order chi connectivity index (χ1) is 5.95. The van der Waals surface area contributed by atoms with Crippen molar-refractivity contribution in [2.75, 3.05) is 5.73 Å². The van der Waals surface area contributed by atoms with Crippen molar-refractivity contribution in [2.24, 2.45) is 12.8 Å². The van der Waals surface area contributed by atoms with Gasteiger partial charge in [0.25, 0.3) is 5.91 Å². The summed E-state index contributed by atoms with van der Waals surface area (Å²) in [7, 11) is 1.66. The molecule has 13 heavy (non-hydrogen) atoms. The van der Waals surface area contributed by atoms with Crippen molar-refractivity contribution in [1.82, 2.24) is 9.78 Å². The number of primary amides is 1. The molecule has 0 spiro atoms. The molecule has 5 nitrogen and oxygen atoms in total. The minimum Gasteiger partial charge on any atom is -0.382 e. The van der Waals surface area contributed by atoms with Gasteiger partial charge in [0.15, 0.2) is 0 Å². The van der Waals surface area contributed by atoms with E-state index >= 15 is 0 Å². The Balaban J connectivity index is 3.38. The number of nitrogens with two attached hydrogens (primary N) is 2. The van der Waals surface area contributed by atoms with E-state index in [2.05, 4.69) is 5.10 Å². The minimum atomic E-state index is -0.490. The Morgan fingerprint density at radius 2 is 2.08 bits per heavy atom. The van der Waals surface area contributed by atoms with E-state index in [4.69, 9.17) is 11.5 Å². The van der Waals surface area contributed by atoms with Crippen LogP contribution in [0.2, 0.25) is 0 Å². The van der Waals surface area contributed by atoms with Crippen LogP contribution in [0.5, 0.6) is 0 Å². The lowest BCUT2D eigenvalue weighted by Gasteiger charge is -2.05. The van der Waals surface area contributed by atoms with E-state index in [1.165, 1.54) is 4.68 Å². The number of carbonyl (C=O) groups is 1. The molecule has 0 unspecified atom stereocenters. The van der Waals surface area contributed by atoms with Crippen LogP contribution in [0.1, 0.15) is 35.8 Å². The molecule has 1 aromatic heterocycles. The summed E-state index contributed by atoms with van der Waals surface area (Å²) in [5.41, 5.74) is 12.0. The Labute approximate surface area is 76.7 Å². The third-order valence-corrected chi connectivity index (χ3v) is 1.92. The van der Waals surface area contributed by atoms with Crippen LogP contribution < -0.4 is 11.5 Å². The zero-order valence-corrected chi connectivity index (χ0v) is 8.03. The van der Waals surface area contributed by atoms with Crippen LogP contribution in [-0.2, 0) is 7.05 Å². The quantitative estimate of drug-likeness (QED) is 0.686. The molecular formula is C8H14N4O. The summed E-state index contributed by atoms with van der Waals surface area (Å²) in [6.45, 7) is 3.89. The van der Waals surface area contributed by atoms with Gasteiger partial charge in [-0.2, -0.15) is 5.10 Å². The van der Waals surface area contributed by atoms with Crippen molar-refractivity contribution in [3.8, 4) is 0 Å². The average molecular weight is 182 g/mol. The topological polar surface area (TPSA) is 86.9 Å². The van der Waals surface area contributed by atoms with Crippen molar-refractivity contribution in [1.29, 1.82) is 0 Å². The third kappa shape index (κ3) is 1.49. The smallest absolute Gasteiger partial charge is 0.267 e. The number of hydrogen-bond donors (Lipinski definition) is 2. The zero-order chi connectivity index (χ0) is 10.2. The highest BCUT2D eigenvalue weighted by Crippen LogP contribution is 2.24. The highest BCUT2D eigenvalue weighted by atomic mass is 16.1. The summed E-state index contributed by atoms with van der Waals surface area (Å²) < 4.78 is 1.42. The van der Waals surface area contributed by atoms with Gasteiger partial charge in [0.1, 0.15) is 11.5 Å². The maximum atomic E-state index is 11.1. The SMILES string of the molecule is CC(C)c1c(N)nn(C)c1C(N)=O. The van der Waals surface area contributed by atoms with Crippen molar-refractivity contribution in [2.45, 2.75) is 19.8 Å². The number of nitrogen functional groups attached to an aromatic ring is 1. The van der Waals surface area contributed by atoms with Gasteiger partial charge in [-0.3, -0.25) is 9.48 Å². The van der Waals surface area contributed by atoms with Gasteiger partial charge < -0.3 is 11.5 Å². The second kappa shape index (κ2) is 3.08. The molecule has 0 saturated carbocycles. The van der Waals surface area contributed by atoms with E-state index in [0.717, 1.165) is 5.56 Å². The van der Waals surface area contributed by atoms with Crippen molar-refractivity contribution in [3.63, 3.8) is 0 Å². The summed E-state index contributed by atoms with van der Waals surface area (Å²) in [5, 5.41) is 3.95. The zero-order valence-electron chi connectivity index (χ0n) is 8.03. The monoisotopic (exact) mass is 182 g/mol. The molecule has 0 aliphatic carbocycles. The van der Waals surface area contributed by atoms with Crippen LogP contribution in [0, 0.1) is 0 Å². The standard InChI is InChI=1S/C8H14N4O/c1-4(2)5-6(8(10)13)12(3)11-7(5)9/h4H,1-3H3,(H2,9,11)(H2,10,13). The van der Waals surface area contributed by atoms with E-state index in [1.54, 1.807) is 7.05 Å². The normalized spacial score (nSPS) is 10.8. The largest absolute Gasteiger partial charge is 0.382 e. The molecule has 4 N–H and O–H groups in total. The Morgan fingerprint density at radius 3 is 2.38 bits per heavy atom. The number of nitrogens with zero attached hydrogens (tertiary/aromatic N) is 2. The van der Waals surface area contributed by atoms with Gasteiger partial charge in [0, 0.05) is 12.6 Å². The van der Waals surface area contributed by atoms with E-state index in [1.807, 2.05) is 13.8 Å². The number of aryl methyl sites for hydroxylation is 1. The Morgan fingerprint density at radius 1 is 1.54 bits per heavy atom. The first-order valence-electron chi connectivity index (χ1n) is 4.07. The first kappa shape index (κ1) is 9.57. The molecule has 0 radical (unpaired) electrons. The van der Waals surface area contributed by atoms with Gasteiger partial charge >= 0.3 is 0 Å². The molecule has 1 heterocycles. The predicted molar refractivity (Wildman–Crippen MR) is 50.2 cm³/mol. The first-order valence-corrected chi connectivity index (χ1v) is 4.07. The molecule has 0 bridgehead atoms. The Bertz CT molecular complexity index is 340. The Kier molecular flexibility index (Phi) is 2.27. The highest BCUT2D eigenvalue weighted by molar-refractivity contribution is 5.94. The minimum absolute atomic E-state index is 0.149. The number of rotatable bonds is 2. The average Bonchev–Trinajstić information content (AvgIpc) is 2.24. The fourth-order valence-corrected chi connectivity index (χ4v) is 1.42. The molecular weight excluding hydrogens is 168 g/mol. The van der Waals surface area contributed by atoms with Crippen LogP contribution in [0.4, 0.5) is 5.82 Å². The second-order valence-electron chi connectivity index (χ2n) is 3.29. The van der Waals surface area contributed by atoms with Crippen molar-refractivity contribution < 1.29 is 4.79 Å². The predicted octanol–water partition coefficient (Wildman–Crippen LogP) is 0.225. The number of anilines is 1. The lowest BCUT2D eigenvalue weighted by atomic mass is 10.0. The molecule has 0 aliphatic rings. The van der Waals surface area contributed by atoms with Crippen molar-refractivity contribution >= 4 is 11.7 Å². The summed E-state index contributed by atoms with van der Waals surface area (Å²) in [5.74, 6) is 0.0397. The molecule has 0 atom stereocenters. The lowest BCUT2D eigenvalue weighted by Crippen LogP contribution is -2.18. The number of amides is 1. The fraction of sp³-hybridized carbons (Fsp3) is 0.500. The van der Waals surface area contributed by atoms with E-state index < -0.39 is 5.91 Å². The maximum absolute atomic E-state index is 11.1. The van der Waals surface area contributed by atoms with Crippen LogP contribution in [0.15, 0.2) is 0 Å². The van der Waals surface area contributed by atoms with Crippen molar-refractivity contribution in [3.05, 3.63) is 11.3 Å². The van der Waals surface area contributed by atoms with E-state index in [-0.39, 0.29) is 5.92 Å². The molecule has 0 fully saturated rings. The fourth-order valence-electron chi connectivity index (χ4n) is 1.42. The Hall–Kier alpha value is -1.52. The number of carbonyl (C=O) groups excluding carboxylic acids is 1. The molecule has 0 aliphatic heterocycles. The van der Waals surface area contributed by atoms with Gasteiger partial charge in [-0.1, -0.05) is 13.8 Å². The summed E-state index contributed by atoms with van der Waals surface area (Å²) >= 11 is 0. The van der Waals surface area contributed by atoms with Gasteiger partial charge in [-0.05, 0) is 5.92 Å². The van der Waals surface area contributed by atoms with Gasteiger partial charge in [0.05, 0.1) is 0 Å². The molecule has 1 rings (SSSR count). The summed E-state index contributed by atoms with van der Waals surface area (Å²) in [6.07, 6.45) is 0. The maximum Gasteiger partial charge on any atom is 0.267 e. The highest BCUT2D eigenvalue weighted by Gasteiger charge is 2.20. The molecule has 0 saturated heterocycles. The lowest BCUT2D eigenvalue weighted by molar-refractivity contribution is 0.0990. The van der Waals surface area contributed by atoms with Crippen LogP contribution in [0.3, 0.4) is 0 Å². The number of hydrogen-bond acceptors (Lipinski definition) is 3. The van der Waals surface area contributed by atoms with Gasteiger partial charge in [0.2, 0.25) is 0 Å². The van der Waals surface area contributed by atoms with Gasteiger partial charge in [-0.15, -0.1) is 0 Å².